The van der Waals surface area contributed by atoms with Crippen molar-refractivity contribution in [3.05, 3.63) is 46.3 Å². The first-order chi connectivity index (χ1) is 11.0. The average molecular weight is 354 g/mol. The summed E-state index contributed by atoms with van der Waals surface area (Å²) in [7, 11) is 3.98. The summed E-state index contributed by atoms with van der Waals surface area (Å²) in [4.78, 5) is 22.4. The molecular formula is C15H17Cl2N5O. The van der Waals surface area contributed by atoms with E-state index >= 15 is 0 Å². The highest BCUT2D eigenvalue weighted by Gasteiger charge is 2.09. The van der Waals surface area contributed by atoms with Crippen LogP contribution in [0.1, 0.15) is 10.5 Å². The van der Waals surface area contributed by atoms with Crippen molar-refractivity contribution in [2.24, 2.45) is 0 Å². The van der Waals surface area contributed by atoms with Crippen molar-refractivity contribution in [2.45, 2.75) is 0 Å². The van der Waals surface area contributed by atoms with Gasteiger partial charge in [-0.3, -0.25) is 4.79 Å². The van der Waals surface area contributed by atoms with Crippen molar-refractivity contribution >= 4 is 40.6 Å². The highest BCUT2D eigenvalue weighted by molar-refractivity contribution is 6.42. The molecule has 6 nitrogen and oxygen atoms in total. The van der Waals surface area contributed by atoms with Crippen molar-refractivity contribution in [3.8, 4) is 0 Å². The van der Waals surface area contributed by atoms with E-state index in [0.717, 1.165) is 13.1 Å². The van der Waals surface area contributed by atoms with E-state index in [2.05, 4.69) is 25.5 Å². The zero-order chi connectivity index (χ0) is 16.8. The Morgan fingerprint density at radius 2 is 1.96 bits per heavy atom. The Kier molecular flexibility index (Phi) is 6.15. The Morgan fingerprint density at radius 1 is 1.17 bits per heavy atom. The second kappa shape index (κ2) is 8.10. The van der Waals surface area contributed by atoms with Gasteiger partial charge in [-0.2, -0.15) is 0 Å². The molecule has 1 aromatic heterocycles. The molecule has 23 heavy (non-hydrogen) atoms. The fourth-order valence-electron chi connectivity index (χ4n) is 1.71. The highest BCUT2D eigenvalue weighted by atomic mass is 35.5. The lowest BCUT2D eigenvalue weighted by Gasteiger charge is -2.10. The third-order valence-electron chi connectivity index (χ3n) is 2.93. The van der Waals surface area contributed by atoms with Gasteiger partial charge < -0.3 is 15.5 Å². The maximum atomic E-state index is 12.1. The molecule has 0 unspecified atom stereocenters. The lowest BCUT2D eigenvalue weighted by atomic mass is 10.3. The van der Waals surface area contributed by atoms with Crippen LogP contribution in [0.5, 0.6) is 0 Å². The maximum Gasteiger partial charge on any atom is 0.275 e. The van der Waals surface area contributed by atoms with Crippen LogP contribution in [0.4, 0.5) is 11.5 Å². The SMILES string of the molecule is CN(C)CCNc1cnc(C(=O)Nc2ccc(Cl)c(Cl)c2)cn1. The van der Waals surface area contributed by atoms with Gasteiger partial charge in [0.1, 0.15) is 11.5 Å². The van der Waals surface area contributed by atoms with Crippen LogP contribution in [0.3, 0.4) is 0 Å². The first-order valence-electron chi connectivity index (χ1n) is 6.93. The number of anilines is 2. The highest BCUT2D eigenvalue weighted by Crippen LogP contribution is 2.25. The van der Waals surface area contributed by atoms with Crippen molar-refractivity contribution in [1.82, 2.24) is 14.9 Å². The number of hydrogen-bond donors (Lipinski definition) is 2. The number of amides is 1. The van der Waals surface area contributed by atoms with E-state index in [0.29, 0.717) is 21.6 Å². The number of likely N-dealkylation sites (N-methyl/N-ethyl adjacent to an activating group) is 1. The van der Waals surface area contributed by atoms with E-state index in [9.17, 15) is 4.79 Å². The van der Waals surface area contributed by atoms with Gasteiger partial charge in [0.15, 0.2) is 0 Å². The molecule has 0 bridgehead atoms. The quantitative estimate of drug-likeness (QED) is 0.835. The van der Waals surface area contributed by atoms with Gasteiger partial charge in [-0.1, -0.05) is 23.2 Å². The molecule has 0 radical (unpaired) electrons. The standard InChI is InChI=1S/C15H17Cl2N5O/c1-22(2)6-5-18-14-9-19-13(8-20-14)15(23)21-10-3-4-11(16)12(17)7-10/h3-4,7-9H,5-6H2,1-2H3,(H,18,20)(H,21,23). The van der Waals surface area contributed by atoms with Crippen LogP contribution in [0.25, 0.3) is 0 Å². The fourth-order valence-corrected chi connectivity index (χ4v) is 2.01. The van der Waals surface area contributed by atoms with Gasteiger partial charge in [-0.15, -0.1) is 0 Å². The molecule has 2 aromatic rings. The van der Waals surface area contributed by atoms with Crippen LogP contribution in [0.15, 0.2) is 30.6 Å². The Morgan fingerprint density at radius 3 is 2.57 bits per heavy atom. The molecule has 0 aliphatic carbocycles. The molecule has 0 saturated heterocycles. The summed E-state index contributed by atoms with van der Waals surface area (Å²) in [5.41, 5.74) is 0.758. The largest absolute Gasteiger partial charge is 0.368 e. The summed E-state index contributed by atoms with van der Waals surface area (Å²) in [5.74, 6) is 0.258. The Labute approximate surface area is 144 Å². The van der Waals surface area contributed by atoms with Gasteiger partial charge in [-0.05, 0) is 32.3 Å². The number of benzene rings is 1. The molecule has 0 aliphatic heterocycles. The number of halogens is 2. The average Bonchev–Trinajstić information content (AvgIpc) is 2.51. The van der Waals surface area contributed by atoms with Gasteiger partial charge in [0.05, 0.1) is 22.4 Å². The summed E-state index contributed by atoms with van der Waals surface area (Å²) < 4.78 is 0. The minimum atomic E-state index is -0.365. The van der Waals surface area contributed by atoms with E-state index in [1.54, 1.807) is 18.2 Å². The smallest absolute Gasteiger partial charge is 0.275 e. The molecule has 8 heteroatoms. The van der Waals surface area contributed by atoms with Crippen LogP contribution in [0.2, 0.25) is 10.0 Å². The van der Waals surface area contributed by atoms with Gasteiger partial charge in [0, 0.05) is 18.8 Å². The monoisotopic (exact) mass is 353 g/mol. The normalized spacial score (nSPS) is 10.7. The zero-order valence-corrected chi connectivity index (χ0v) is 14.3. The molecule has 0 fully saturated rings. The Bertz CT molecular complexity index is 676. The fraction of sp³-hybridized carbons (Fsp3) is 0.267. The maximum absolute atomic E-state index is 12.1. The Balaban J connectivity index is 1.95. The van der Waals surface area contributed by atoms with Gasteiger partial charge in [0.2, 0.25) is 0 Å². The van der Waals surface area contributed by atoms with Crippen molar-refractivity contribution in [3.63, 3.8) is 0 Å². The number of nitrogens with zero attached hydrogens (tertiary/aromatic N) is 3. The van der Waals surface area contributed by atoms with E-state index in [4.69, 9.17) is 23.2 Å². The molecule has 0 atom stereocenters. The lowest BCUT2D eigenvalue weighted by molar-refractivity contribution is 0.102. The molecule has 1 heterocycles. The first-order valence-corrected chi connectivity index (χ1v) is 7.68. The van der Waals surface area contributed by atoms with E-state index < -0.39 is 0 Å². The minimum Gasteiger partial charge on any atom is -0.368 e. The third-order valence-corrected chi connectivity index (χ3v) is 3.67. The van der Waals surface area contributed by atoms with Crippen molar-refractivity contribution in [1.29, 1.82) is 0 Å². The predicted octanol–water partition coefficient (Wildman–Crippen LogP) is 3.01. The summed E-state index contributed by atoms with van der Waals surface area (Å²) >= 11 is 11.7. The molecule has 1 aromatic carbocycles. The summed E-state index contributed by atoms with van der Waals surface area (Å²) in [5, 5.41) is 6.62. The van der Waals surface area contributed by atoms with Crippen LogP contribution in [0, 0.1) is 0 Å². The molecular weight excluding hydrogens is 337 g/mol. The molecule has 0 spiro atoms. The molecule has 0 aliphatic rings. The number of carbonyl (C=O) groups excluding carboxylic acids is 1. The van der Waals surface area contributed by atoms with Gasteiger partial charge in [0.25, 0.3) is 5.91 Å². The summed E-state index contributed by atoms with van der Waals surface area (Å²) in [6, 6.07) is 4.85. The molecule has 122 valence electrons. The number of rotatable bonds is 6. The van der Waals surface area contributed by atoms with Crippen LogP contribution < -0.4 is 10.6 Å². The second-order valence-corrected chi connectivity index (χ2v) is 5.91. The predicted molar refractivity (Wildman–Crippen MR) is 93.5 cm³/mol. The van der Waals surface area contributed by atoms with Gasteiger partial charge >= 0.3 is 0 Å². The van der Waals surface area contributed by atoms with Crippen LogP contribution >= 0.6 is 23.2 Å². The molecule has 2 N–H and O–H groups in total. The van der Waals surface area contributed by atoms with E-state index in [1.807, 2.05) is 14.1 Å². The van der Waals surface area contributed by atoms with Crippen LogP contribution in [-0.4, -0.2) is 48.0 Å². The van der Waals surface area contributed by atoms with Crippen molar-refractivity contribution in [2.75, 3.05) is 37.8 Å². The second-order valence-electron chi connectivity index (χ2n) is 5.10. The van der Waals surface area contributed by atoms with E-state index in [-0.39, 0.29) is 11.6 Å². The summed E-state index contributed by atoms with van der Waals surface area (Å²) in [6.07, 6.45) is 2.95. The Hall–Kier alpha value is -1.89. The number of hydrogen-bond acceptors (Lipinski definition) is 5. The van der Waals surface area contributed by atoms with E-state index in [1.165, 1.54) is 12.4 Å². The number of nitrogens with one attached hydrogen (secondary N) is 2. The molecule has 2 rings (SSSR count). The first kappa shape index (κ1) is 17.5. The van der Waals surface area contributed by atoms with Crippen molar-refractivity contribution < 1.29 is 4.79 Å². The molecule has 0 saturated carbocycles. The van der Waals surface area contributed by atoms with Gasteiger partial charge in [-0.25, -0.2) is 9.97 Å². The summed E-state index contributed by atoms with van der Waals surface area (Å²) in [6.45, 7) is 1.62. The minimum absolute atomic E-state index is 0.217. The molecule has 1 amide bonds. The van der Waals surface area contributed by atoms with Crippen LogP contribution in [-0.2, 0) is 0 Å². The number of carbonyl (C=O) groups is 1. The topological polar surface area (TPSA) is 70.2 Å². The number of aromatic nitrogens is 2. The lowest BCUT2D eigenvalue weighted by Crippen LogP contribution is -2.21. The third kappa shape index (κ3) is 5.35. The zero-order valence-electron chi connectivity index (χ0n) is 12.8.